The predicted octanol–water partition coefficient (Wildman–Crippen LogP) is 5.60. The summed E-state index contributed by atoms with van der Waals surface area (Å²) < 4.78 is 16.5. The molecule has 0 saturated carbocycles. The number of benzene rings is 3. The van der Waals surface area contributed by atoms with E-state index in [9.17, 15) is 9.18 Å². The van der Waals surface area contributed by atoms with Crippen molar-refractivity contribution in [1.29, 1.82) is 0 Å². The van der Waals surface area contributed by atoms with Gasteiger partial charge in [-0.15, -0.1) is 0 Å². The van der Waals surface area contributed by atoms with Crippen LogP contribution in [0.15, 0.2) is 72.9 Å². The number of carbonyl (C=O) groups is 1. The zero-order chi connectivity index (χ0) is 23.5. The van der Waals surface area contributed by atoms with Crippen LogP contribution in [0.2, 0.25) is 5.02 Å². The Morgan fingerprint density at radius 3 is 2.68 bits per heavy atom. The van der Waals surface area contributed by atoms with Gasteiger partial charge in [-0.2, -0.15) is 5.10 Å². The van der Waals surface area contributed by atoms with Crippen LogP contribution < -0.4 is 5.32 Å². The smallest absolute Gasteiger partial charge is 0.251 e. The van der Waals surface area contributed by atoms with Crippen molar-refractivity contribution in [2.24, 2.45) is 0 Å². The molecule has 0 spiro atoms. The maximum Gasteiger partial charge on any atom is 0.251 e. The number of carbonyl (C=O) groups excluding carboxylic acids is 1. The fourth-order valence-corrected chi connectivity index (χ4v) is 4.83. The van der Waals surface area contributed by atoms with Gasteiger partial charge in [0.2, 0.25) is 0 Å². The number of rotatable bonds is 7. The highest BCUT2D eigenvalue weighted by Gasteiger charge is 2.26. The van der Waals surface area contributed by atoms with Crippen LogP contribution in [-0.2, 0) is 13.1 Å². The maximum absolute atomic E-state index is 14.7. The van der Waals surface area contributed by atoms with Gasteiger partial charge in [0.1, 0.15) is 5.82 Å². The van der Waals surface area contributed by atoms with Crippen molar-refractivity contribution in [3.63, 3.8) is 0 Å². The van der Waals surface area contributed by atoms with Crippen molar-refractivity contribution in [1.82, 2.24) is 20.0 Å². The maximum atomic E-state index is 14.7. The molecular formula is C27H26ClFN4O. The number of nitrogens with zero attached hydrogens (tertiary/aromatic N) is 3. The lowest BCUT2D eigenvalue weighted by atomic mass is 10.0. The zero-order valence-electron chi connectivity index (χ0n) is 18.8. The van der Waals surface area contributed by atoms with Gasteiger partial charge in [0.05, 0.1) is 18.1 Å². The molecule has 4 aromatic rings. The van der Waals surface area contributed by atoms with Crippen LogP contribution in [0.25, 0.3) is 10.9 Å². The Bertz CT molecular complexity index is 1310. The second-order valence-corrected chi connectivity index (χ2v) is 9.15. The Hall–Kier alpha value is -3.22. The van der Waals surface area contributed by atoms with Crippen molar-refractivity contribution >= 4 is 28.4 Å². The van der Waals surface area contributed by atoms with Crippen molar-refractivity contribution in [3.8, 4) is 0 Å². The summed E-state index contributed by atoms with van der Waals surface area (Å²) in [5.41, 5.74) is 2.92. The summed E-state index contributed by atoms with van der Waals surface area (Å²) in [7, 11) is 0. The molecule has 1 amide bonds. The molecule has 1 aliphatic rings. The summed E-state index contributed by atoms with van der Waals surface area (Å²) in [6, 6.07) is 19.8. The summed E-state index contributed by atoms with van der Waals surface area (Å²) >= 11 is 6.02. The third kappa shape index (κ3) is 4.98. The number of halogens is 2. The normalized spacial score (nSPS) is 15.0. The van der Waals surface area contributed by atoms with E-state index in [1.807, 2.05) is 47.3 Å². The average molecular weight is 477 g/mol. The Morgan fingerprint density at radius 1 is 1.06 bits per heavy atom. The molecule has 34 heavy (non-hydrogen) atoms. The molecule has 5 nitrogen and oxygen atoms in total. The van der Waals surface area contributed by atoms with E-state index in [2.05, 4.69) is 10.2 Å². The Kier molecular flexibility index (Phi) is 6.61. The second-order valence-electron chi connectivity index (χ2n) is 8.72. The number of nitrogens with one attached hydrogen (secondary N) is 1. The third-order valence-corrected chi connectivity index (χ3v) is 6.60. The van der Waals surface area contributed by atoms with Gasteiger partial charge in [-0.1, -0.05) is 48.0 Å². The fourth-order valence-electron chi connectivity index (χ4n) is 4.62. The largest absolute Gasteiger partial charge is 0.348 e. The van der Waals surface area contributed by atoms with E-state index in [1.54, 1.807) is 24.3 Å². The van der Waals surface area contributed by atoms with Crippen LogP contribution in [0.3, 0.4) is 0 Å². The number of likely N-dealkylation sites (tertiary alicyclic amines) is 1. The molecule has 1 aliphatic heterocycles. The van der Waals surface area contributed by atoms with E-state index in [0.717, 1.165) is 42.4 Å². The van der Waals surface area contributed by atoms with E-state index < -0.39 is 0 Å². The van der Waals surface area contributed by atoms with Crippen LogP contribution in [0, 0.1) is 5.82 Å². The first-order valence-electron chi connectivity index (χ1n) is 11.6. The Balaban J connectivity index is 1.34. The molecule has 1 atom stereocenters. The first-order valence-corrected chi connectivity index (χ1v) is 11.9. The van der Waals surface area contributed by atoms with Gasteiger partial charge in [-0.3, -0.25) is 14.4 Å². The molecule has 1 aromatic heterocycles. The Labute approximate surface area is 203 Å². The van der Waals surface area contributed by atoms with Crippen LogP contribution in [0.4, 0.5) is 4.39 Å². The Morgan fingerprint density at radius 2 is 1.88 bits per heavy atom. The van der Waals surface area contributed by atoms with Crippen molar-refractivity contribution < 1.29 is 9.18 Å². The first kappa shape index (κ1) is 22.6. The van der Waals surface area contributed by atoms with Crippen molar-refractivity contribution in [2.75, 3.05) is 13.1 Å². The minimum atomic E-state index is -0.185. The molecule has 174 valence electrons. The molecule has 2 heterocycles. The molecular weight excluding hydrogens is 451 g/mol. The number of fused-ring (bicyclic) bond motifs is 1. The van der Waals surface area contributed by atoms with Gasteiger partial charge in [-0.25, -0.2) is 4.39 Å². The summed E-state index contributed by atoms with van der Waals surface area (Å²) in [6.45, 7) is 2.85. The SMILES string of the molecule is O=C(NCc1cccc(Cl)c1)c1ccc2cn(CC(c3ccccc3F)N3CCCC3)nc2c1. The van der Waals surface area contributed by atoms with Gasteiger partial charge < -0.3 is 5.32 Å². The van der Waals surface area contributed by atoms with Crippen molar-refractivity contribution in [2.45, 2.75) is 32.0 Å². The van der Waals surface area contributed by atoms with Crippen LogP contribution in [0.5, 0.6) is 0 Å². The molecule has 0 radical (unpaired) electrons. The zero-order valence-corrected chi connectivity index (χ0v) is 19.5. The van der Waals surface area contributed by atoms with Crippen LogP contribution in [-0.4, -0.2) is 33.7 Å². The van der Waals surface area contributed by atoms with Crippen LogP contribution in [0.1, 0.15) is 40.4 Å². The van der Waals surface area contributed by atoms with E-state index in [1.165, 1.54) is 6.07 Å². The van der Waals surface area contributed by atoms with E-state index in [0.29, 0.717) is 29.2 Å². The minimum Gasteiger partial charge on any atom is -0.348 e. The van der Waals surface area contributed by atoms with E-state index >= 15 is 0 Å². The molecule has 5 rings (SSSR count). The molecule has 1 fully saturated rings. The van der Waals surface area contributed by atoms with E-state index in [-0.39, 0.29) is 17.8 Å². The molecule has 1 N–H and O–H groups in total. The van der Waals surface area contributed by atoms with Gasteiger partial charge in [-0.05, 0) is 61.8 Å². The van der Waals surface area contributed by atoms with Gasteiger partial charge in [0.25, 0.3) is 5.91 Å². The monoisotopic (exact) mass is 476 g/mol. The lowest BCUT2D eigenvalue weighted by molar-refractivity contribution is 0.0951. The second kappa shape index (κ2) is 9.95. The number of amides is 1. The summed E-state index contributed by atoms with van der Waals surface area (Å²) in [5.74, 6) is -0.354. The molecule has 7 heteroatoms. The molecule has 0 bridgehead atoms. The quantitative estimate of drug-likeness (QED) is 0.378. The highest BCUT2D eigenvalue weighted by atomic mass is 35.5. The molecule has 3 aromatic carbocycles. The first-order chi connectivity index (χ1) is 16.6. The highest BCUT2D eigenvalue weighted by molar-refractivity contribution is 6.30. The lowest BCUT2D eigenvalue weighted by Crippen LogP contribution is -2.30. The summed E-state index contributed by atoms with van der Waals surface area (Å²) in [5, 5.41) is 9.24. The standard InChI is InChI=1S/C27H26ClFN4O/c28-22-7-5-6-19(14-22)16-30-27(34)20-10-11-21-17-33(31-25(21)15-20)18-26(32-12-3-4-13-32)23-8-1-2-9-24(23)29/h1-2,5-11,14-15,17,26H,3-4,12-13,16,18H2,(H,30,34). The average Bonchev–Trinajstić information content (AvgIpc) is 3.51. The summed E-state index contributed by atoms with van der Waals surface area (Å²) in [4.78, 5) is 15.0. The number of aromatic nitrogens is 2. The van der Waals surface area contributed by atoms with E-state index in [4.69, 9.17) is 16.7 Å². The lowest BCUT2D eigenvalue weighted by Gasteiger charge is -2.28. The van der Waals surface area contributed by atoms with Gasteiger partial charge in [0.15, 0.2) is 0 Å². The van der Waals surface area contributed by atoms with Gasteiger partial charge in [0, 0.05) is 34.3 Å². The highest BCUT2D eigenvalue weighted by Crippen LogP contribution is 2.29. The topological polar surface area (TPSA) is 50.2 Å². The summed E-state index contributed by atoms with van der Waals surface area (Å²) in [6.07, 6.45) is 4.21. The third-order valence-electron chi connectivity index (χ3n) is 6.36. The molecule has 1 unspecified atom stereocenters. The predicted molar refractivity (Wildman–Crippen MR) is 132 cm³/mol. The molecule has 1 saturated heterocycles. The fraction of sp³-hybridized carbons (Fsp3) is 0.259. The van der Waals surface area contributed by atoms with Crippen LogP contribution >= 0.6 is 11.6 Å². The number of hydrogen-bond acceptors (Lipinski definition) is 3. The van der Waals surface area contributed by atoms with Crippen molar-refractivity contribution in [3.05, 3.63) is 100 Å². The minimum absolute atomic E-state index is 0.0847. The van der Waals surface area contributed by atoms with Gasteiger partial charge >= 0.3 is 0 Å². The number of hydrogen-bond donors (Lipinski definition) is 1. The molecule has 0 aliphatic carbocycles.